The lowest BCUT2D eigenvalue weighted by Crippen LogP contribution is -2.45. The smallest absolute Gasteiger partial charge is 0.251 e. The van der Waals surface area contributed by atoms with E-state index in [9.17, 15) is 22.4 Å². The average molecular weight is 501 g/mol. The molecule has 3 aromatic rings. The summed E-state index contributed by atoms with van der Waals surface area (Å²) in [7, 11) is -2.31. The zero-order valence-electron chi connectivity index (χ0n) is 18.9. The summed E-state index contributed by atoms with van der Waals surface area (Å²) in [4.78, 5) is 29.6. The minimum absolute atomic E-state index is 0.0722. The van der Waals surface area contributed by atoms with Crippen LogP contribution in [0.15, 0.2) is 77.8 Å². The van der Waals surface area contributed by atoms with E-state index in [-0.39, 0.29) is 35.8 Å². The van der Waals surface area contributed by atoms with Gasteiger partial charge in [0, 0.05) is 31.8 Å². The van der Waals surface area contributed by atoms with E-state index in [1.54, 1.807) is 0 Å². The Labute approximate surface area is 202 Å². The van der Waals surface area contributed by atoms with Crippen molar-refractivity contribution in [3.05, 3.63) is 89.9 Å². The first kappa shape index (κ1) is 25.9. The summed E-state index contributed by atoms with van der Waals surface area (Å²) in [5.41, 5.74) is 1.01. The minimum atomic E-state index is -3.77. The maximum Gasteiger partial charge on any atom is 0.251 e. The monoisotopic (exact) mass is 500 g/mol. The van der Waals surface area contributed by atoms with Gasteiger partial charge < -0.3 is 15.4 Å². The molecule has 0 aliphatic carbocycles. The van der Waals surface area contributed by atoms with Crippen LogP contribution in [0.1, 0.15) is 15.9 Å². The molecule has 0 fully saturated rings. The molecule has 0 aliphatic heterocycles. The Balaban J connectivity index is 1.73. The number of anilines is 1. The molecule has 11 heteroatoms. The third kappa shape index (κ3) is 7.67. The molecular weight excluding hydrogens is 475 g/mol. The highest BCUT2D eigenvalue weighted by atomic mass is 32.2. The molecule has 1 aromatic heterocycles. The predicted octanol–water partition coefficient (Wildman–Crippen LogP) is 2.13. The Morgan fingerprint density at radius 2 is 1.74 bits per heavy atom. The van der Waals surface area contributed by atoms with Crippen molar-refractivity contribution in [3.63, 3.8) is 0 Å². The fourth-order valence-corrected chi connectivity index (χ4v) is 4.05. The molecule has 0 aliphatic rings. The molecule has 2 amide bonds. The number of amides is 2. The van der Waals surface area contributed by atoms with E-state index >= 15 is 0 Å². The number of benzene rings is 2. The molecule has 0 saturated heterocycles. The fraction of sp³-hybridized carbons (Fsp3) is 0.208. The van der Waals surface area contributed by atoms with Gasteiger partial charge in [0.05, 0.1) is 6.61 Å². The van der Waals surface area contributed by atoms with Gasteiger partial charge in [-0.05, 0) is 42.0 Å². The summed E-state index contributed by atoms with van der Waals surface area (Å²) in [6.07, 6.45) is 1.31. The topological polar surface area (TPSA) is 126 Å². The van der Waals surface area contributed by atoms with Crippen molar-refractivity contribution in [3.8, 4) is 0 Å². The lowest BCUT2D eigenvalue weighted by atomic mass is 10.0. The van der Waals surface area contributed by atoms with Gasteiger partial charge in [0.1, 0.15) is 22.6 Å². The predicted molar refractivity (Wildman–Crippen MR) is 128 cm³/mol. The number of rotatable bonds is 11. The number of nitrogens with one attached hydrogen (secondary N) is 3. The SMILES string of the molecule is COCCNS(=O)(=O)c1ccc(NC(=O)[C@H](Cc2ccccc2)NC(=O)c2ccc(F)cc2)nc1. The highest BCUT2D eigenvalue weighted by Crippen LogP contribution is 2.12. The molecule has 1 atom stereocenters. The maximum atomic E-state index is 13.2. The molecule has 0 bridgehead atoms. The first-order valence-electron chi connectivity index (χ1n) is 10.6. The molecule has 9 nitrogen and oxygen atoms in total. The van der Waals surface area contributed by atoms with Crippen LogP contribution in [0.4, 0.5) is 10.2 Å². The van der Waals surface area contributed by atoms with Gasteiger partial charge in [-0.25, -0.2) is 22.5 Å². The minimum Gasteiger partial charge on any atom is -0.383 e. The van der Waals surface area contributed by atoms with E-state index in [2.05, 4.69) is 20.3 Å². The van der Waals surface area contributed by atoms with Crippen LogP contribution in [0.25, 0.3) is 0 Å². The van der Waals surface area contributed by atoms with Crippen molar-refractivity contribution in [1.29, 1.82) is 0 Å². The molecule has 2 aromatic carbocycles. The van der Waals surface area contributed by atoms with E-state index in [0.29, 0.717) is 0 Å². The van der Waals surface area contributed by atoms with Crippen LogP contribution in [0.5, 0.6) is 0 Å². The molecule has 184 valence electrons. The maximum absolute atomic E-state index is 13.2. The molecular formula is C24H25FN4O5S. The second-order valence-electron chi connectivity index (χ2n) is 7.48. The van der Waals surface area contributed by atoms with E-state index in [0.717, 1.165) is 23.9 Å². The van der Waals surface area contributed by atoms with Gasteiger partial charge in [-0.1, -0.05) is 30.3 Å². The second kappa shape index (κ2) is 12.2. The van der Waals surface area contributed by atoms with Crippen LogP contribution < -0.4 is 15.4 Å². The Hall–Kier alpha value is -3.67. The standard InChI is InChI=1S/C24H25FN4O5S/c1-34-14-13-27-35(32,33)20-11-12-22(26-16-20)29-24(31)21(15-17-5-3-2-4-6-17)28-23(30)18-7-9-19(25)10-8-18/h2-12,16,21,27H,13-15H2,1H3,(H,28,30)(H,26,29,31)/t21-/m0/s1. The highest BCUT2D eigenvalue weighted by molar-refractivity contribution is 7.89. The molecule has 3 rings (SSSR count). The van der Waals surface area contributed by atoms with Gasteiger partial charge in [-0.2, -0.15) is 0 Å². The number of nitrogens with zero attached hydrogens (tertiary/aromatic N) is 1. The third-order valence-corrected chi connectivity index (χ3v) is 6.35. The summed E-state index contributed by atoms with van der Waals surface area (Å²) >= 11 is 0. The lowest BCUT2D eigenvalue weighted by Gasteiger charge is -2.19. The molecule has 0 saturated carbocycles. The first-order chi connectivity index (χ1) is 16.8. The van der Waals surface area contributed by atoms with Gasteiger partial charge in [0.15, 0.2) is 0 Å². The number of aromatic nitrogens is 1. The van der Waals surface area contributed by atoms with Gasteiger partial charge in [0.2, 0.25) is 15.9 Å². The zero-order valence-corrected chi connectivity index (χ0v) is 19.7. The summed E-state index contributed by atoms with van der Waals surface area (Å²) < 4.78 is 44.9. The van der Waals surface area contributed by atoms with Crippen molar-refractivity contribution in [2.24, 2.45) is 0 Å². The number of halogens is 1. The molecule has 0 unspecified atom stereocenters. The number of carbonyl (C=O) groups is 2. The zero-order chi connectivity index (χ0) is 25.3. The Morgan fingerprint density at radius 1 is 1.03 bits per heavy atom. The molecule has 35 heavy (non-hydrogen) atoms. The number of carbonyl (C=O) groups excluding carboxylic acids is 2. The number of ether oxygens (including phenoxy) is 1. The Morgan fingerprint density at radius 3 is 2.37 bits per heavy atom. The molecule has 1 heterocycles. The van der Waals surface area contributed by atoms with Crippen molar-refractivity contribution in [1.82, 2.24) is 15.0 Å². The number of methoxy groups -OCH3 is 1. The summed E-state index contributed by atoms with van der Waals surface area (Å²) in [5.74, 6) is -1.46. The average Bonchev–Trinajstić information content (AvgIpc) is 2.85. The van der Waals surface area contributed by atoms with E-state index < -0.39 is 33.7 Å². The van der Waals surface area contributed by atoms with Gasteiger partial charge in [0.25, 0.3) is 5.91 Å². The van der Waals surface area contributed by atoms with E-state index in [4.69, 9.17) is 4.74 Å². The van der Waals surface area contributed by atoms with Crippen molar-refractivity contribution in [2.45, 2.75) is 17.4 Å². The Kier molecular flexibility index (Phi) is 9.01. The summed E-state index contributed by atoms with van der Waals surface area (Å²) in [5, 5.41) is 5.27. The fourth-order valence-electron chi connectivity index (χ4n) is 3.09. The van der Waals surface area contributed by atoms with Gasteiger partial charge in [-0.3, -0.25) is 9.59 Å². The van der Waals surface area contributed by atoms with Crippen LogP contribution in [0, 0.1) is 5.82 Å². The number of sulfonamides is 1. The van der Waals surface area contributed by atoms with Crippen LogP contribution >= 0.6 is 0 Å². The van der Waals surface area contributed by atoms with Crippen molar-refractivity contribution >= 4 is 27.7 Å². The van der Waals surface area contributed by atoms with Crippen molar-refractivity contribution in [2.75, 3.05) is 25.6 Å². The summed E-state index contributed by atoms with van der Waals surface area (Å²) in [6.45, 7) is 0.319. The summed E-state index contributed by atoms with van der Waals surface area (Å²) in [6, 6.07) is 15.7. The van der Waals surface area contributed by atoms with E-state index in [1.807, 2.05) is 30.3 Å². The van der Waals surface area contributed by atoms with Crippen LogP contribution in [0.2, 0.25) is 0 Å². The van der Waals surface area contributed by atoms with Crippen LogP contribution in [0.3, 0.4) is 0 Å². The first-order valence-corrected chi connectivity index (χ1v) is 12.1. The molecule has 0 spiro atoms. The molecule has 0 radical (unpaired) electrons. The largest absolute Gasteiger partial charge is 0.383 e. The van der Waals surface area contributed by atoms with Crippen LogP contribution in [-0.2, 0) is 26.0 Å². The lowest BCUT2D eigenvalue weighted by molar-refractivity contribution is -0.118. The third-order valence-electron chi connectivity index (χ3n) is 4.91. The highest BCUT2D eigenvalue weighted by Gasteiger charge is 2.23. The van der Waals surface area contributed by atoms with Crippen molar-refractivity contribution < 1.29 is 27.1 Å². The van der Waals surface area contributed by atoms with E-state index in [1.165, 1.54) is 31.4 Å². The number of hydrogen-bond donors (Lipinski definition) is 3. The number of hydrogen-bond acceptors (Lipinski definition) is 6. The van der Waals surface area contributed by atoms with Crippen LogP contribution in [-0.4, -0.2) is 51.5 Å². The second-order valence-corrected chi connectivity index (χ2v) is 9.25. The van der Waals surface area contributed by atoms with Gasteiger partial charge >= 0.3 is 0 Å². The number of pyridine rings is 1. The molecule has 3 N–H and O–H groups in total. The normalized spacial score (nSPS) is 12.1. The Bertz CT molecular complexity index is 1240. The van der Waals surface area contributed by atoms with Gasteiger partial charge in [-0.15, -0.1) is 0 Å². The quantitative estimate of drug-likeness (QED) is 0.346.